The first-order valence-electron chi connectivity index (χ1n) is 9.26. The topological polar surface area (TPSA) is 68.5 Å². The van der Waals surface area contributed by atoms with E-state index >= 15 is 0 Å². The molecule has 1 unspecified atom stereocenters. The molecule has 6 heteroatoms. The van der Waals surface area contributed by atoms with E-state index < -0.39 is 0 Å². The van der Waals surface area contributed by atoms with Crippen LogP contribution in [0.1, 0.15) is 30.3 Å². The van der Waals surface area contributed by atoms with E-state index in [-0.39, 0.29) is 11.9 Å². The maximum absolute atomic E-state index is 12.7. The number of ether oxygens (including phenoxy) is 1. The Hall–Kier alpha value is -3.41. The Balaban J connectivity index is 1.51. The lowest BCUT2D eigenvalue weighted by Gasteiger charge is -2.20. The standard InChI is InChI=1S/C22H21N3O3/c1-27-18-10-5-9-17(15-18)21-23-22(28-24-21)19-11-6-14-25(19)20(26)13-12-16-7-3-2-4-8-16/h2-5,7-10,12-13,15,19H,6,11,14H2,1H3/b13-12+. The Kier molecular flexibility index (Phi) is 5.19. The molecular weight excluding hydrogens is 354 g/mol. The van der Waals surface area contributed by atoms with Crippen molar-refractivity contribution in [2.75, 3.05) is 13.7 Å². The van der Waals surface area contributed by atoms with Crippen LogP contribution >= 0.6 is 0 Å². The second-order valence-corrected chi connectivity index (χ2v) is 6.62. The summed E-state index contributed by atoms with van der Waals surface area (Å²) in [5.41, 5.74) is 1.80. The molecule has 3 aromatic rings. The van der Waals surface area contributed by atoms with Crippen molar-refractivity contribution in [1.29, 1.82) is 0 Å². The maximum Gasteiger partial charge on any atom is 0.249 e. The molecule has 2 aromatic carbocycles. The number of benzene rings is 2. The number of carbonyl (C=O) groups is 1. The van der Waals surface area contributed by atoms with E-state index in [1.807, 2.05) is 60.7 Å². The number of likely N-dealkylation sites (tertiary alicyclic amines) is 1. The molecular formula is C22H21N3O3. The van der Waals surface area contributed by atoms with Crippen LogP contribution in [0.2, 0.25) is 0 Å². The molecule has 1 amide bonds. The first kappa shape index (κ1) is 18.0. The molecule has 0 radical (unpaired) electrons. The highest BCUT2D eigenvalue weighted by molar-refractivity contribution is 5.92. The largest absolute Gasteiger partial charge is 0.497 e. The van der Waals surface area contributed by atoms with Crippen LogP contribution in [-0.4, -0.2) is 34.6 Å². The van der Waals surface area contributed by atoms with E-state index in [1.54, 1.807) is 18.1 Å². The minimum atomic E-state index is -0.195. The van der Waals surface area contributed by atoms with Gasteiger partial charge in [0.25, 0.3) is 0 Å². The Morgan fingerprint density at radius 3 is 2.89 bits per heavy atom. The van der Waals surface area contributed by atoms with Crippen molar-refractivity contribution in [3.05, 3.63) is 72.1 Å². The molecule has 1 aliphatic rings. The van der Waals surface area contributed by atoms with E-state index in [2.05, 4.69) is 10.1 Å². The van der Waals surface area contributed by atoms with Crippen LogP contribution in [0.25, 0.3) is 17.5 Å². The van der Waals surface area contributed by atoms with E-state index in [9.17, 15) is 4.79 Å². The van der Waals surface area contributed by atoms with Crippen molar-refractivity contribution < 1.29 is 14.1 Å². The van der Waals surface area contributed by atoms with Gasteiger partial charge in [0.05, 0.1) is 7.11 Å². The second kappa shape index (κ2) is 8.08. The quantitative estimate of drug-likeness (QED) is 0.628. The summed E-state index contributed by atoms with van der Waals surface area (Å²) in [7, 11) is 1.62. The summed E-state index contributed by atoms with van der Waals surface area (Å²) in [5.74, 6) is 1.64. The summed E-state index contributed by atoms with van der Waals surface area (Å²) in [5, 5.41) is 4.10. The van der Waals surface area contributed by atoms with E-state index in [0.29, 0.717) is 18.3 Å². The fourth-order valence-electron chi connectivity index (χ4n) is 3.36. The molecule has 0 spiro atoms. The van der Waals surface area contributed by atoms with Crippen molar-refractivity contribution in [3.63, 3.8) is 0 Å². The monoisotopic (exact) mass is 375 g/mol. The smallest absolute Gasteiger partial charge is 0.249 e. The number of nitrogens with zero attached hydrogens (tertiary/aromatic N) is 3. The van der Waals surface area contributed by atoms with Gasteiger partial charge in [-0.2, -0.15) is 4.98 Å². The van der Waals surface area contributed by atoms with Crippen LogP contribution in [0.3, 0.4) is 0 Å². The van der Waals surface area contributed by atoms with Gasteiger partial charge in [0.1, 0.15) is 11.8 Å². The van der Waals surface area contributed by atoms with Gasteiger partial charge in [0, 0.05) is 18.2 Å². The van der Waals surface area contributed by atoms with Crippen molar-refractivity contribution in [2.45, 2.75) is 18.9 Å². The average molecular weight is 375 g/mol. The molecule has 1 atom stereocenters. The Bertz CT molecular complexity index is 981. The van der Waals surface area contributed by atoms with Gasteiger partial charge in [-0.15, -0.1) is 0 Å². The fourth-order valence-corrected chi connectivity index (χ4v) is 3.36. The zero-order valence-electron chi connectivity index (χ0n) is 15.6. The molecule has 2 heterocycles. The lowest BCUT2D eigenvalue weighted by molar-refractivity contribution is -0.127. The second-order valence-electron chi connectivity index (χ2n) is 6.62. The van der Waals surface area contributed by atoms with Gasteiger partial charge >= 0.3 is 0 Å². The summed E-state index contributed by atoms with van der Waals surface area (Å²) >= 11 is 0. The SMILES string of the molecule is COc1cccc(-c2noc(C3CCCN3C(=O)/C=C/c3ccccc3)n2)c1. The van der Waals surface area contributed by atoms with Crippen molar-refractivity contribution in [3.8, 4) is 17.1 Å². The number of hydrogen-bond donors (Lipinski definition) is 0. The number of rotatable bonds is 5. The third kappa shape index (κ3) is 3.81. The Morgan fingerprint density at radius 1 is 1.21 bits per heavy atom. The van der Waals surface area contributed by atoms with Gasteiger partial charge < -0.3 is 14.2 Å². The summed E-state index contributed by atoms with van der Waals surface area (Å²) in [4.78, 5) is 19.0. The zero-order valence-corrected chi connectivity index (χ0v) is 15.6. The molecule has 1 fully saturated rings. The fraction of sp³-hybridized carbons (Fsp3) is 0.227. The number of methoxy groups -OCH3 is 1. The molecule has 142 valence electrons. The molecule has 0 saturated carbocycles. The highest BCUT2D eigenvalue weighted by Gasteiger charge is 2.33. The Morgan fingerprint density at radius 2 is 2.07 bits per heavy atom. The molecule has 1 aliphatic heterocycles. The van der Waals surface area contributed by atoms with E-state index in [4.69, 9.17) is 9.26 Å². The van der Waals surface area contributed by atoms with Crippen LogP contribution in [0.4, 0.5) is 0 Å². The van der Waals surface area contributed by atoms with Crippen LogP contribution in [0, 0.1) is 0 Å². The first-order chi connectivity index (χ1) is 13.7. The van der Waals surface area contributed by atoms with Crippen LogP contribution < -0.4 is 4.74 Å². The molecule has 0 aliphatic carbocycles. The van der Waals surface area contributed by atoms with Gasteiger partial charge in [-0.3, -0.25) is 4.79 Å². The lowest BCUT2D eigenvalue weighted by Crippen LogP contribution is -2.29. The molecule has 28 heavy (non-hydrogen) atoms. The molecule has 0 bridgehead atoms. The van der Waals surface area contributed by atoms with Crippen molar-refractivity contribution >= 4 is 12.0 Å². The molecule has 1 aromatic heterocycles. The predicted octanol–water partition coefficient (Wildman–Crippen LogP) is 4.12. The zero-order chi connectivity index (χ0) is 19.3. The summed E-state index contributed by atoms with van der Waals surface area (Å²) in [6.07, 6.45) is 5.15. The number of hydrogen-bond acceptors (Lipinski definition) is 5. The predicted molar refractivity (Wildman–Crippen MR) is 105 cm³/mol. The van der Waals surface area contributed by atoms with Gasteiger partial charge in [0.2, 0.25) is 17.6 Å². The third-order valence-electron chi connectivity index (χ3n) is 4.81. The maximum atomic E-state index is 12.7. The Labute approximate surface area is 163 Å². The van der Waals surface area contributed by atoms with Crippen LogP contribution in [0.15, 0.2) is 65.2 Å². The normalized spacial score (nSPS) is 16.6. The minimum absolute atomic E-state index is 0.0486. The summed E-state index contributed by atoms with van der Waals surface area (Å²) < 4.78 is 10.7. The van der Waals surface area contributed by atoms with Crippen LogP contribution in [-0.2, 0) is 4.79 Å². The van der Waals surface area contributed by atoms with E-state index in [1.165, 1.54) is 0 Å². The molecule has 4 rings (SSSR count). The number of aromatic nitrogens is 2. The molecule has 6 nitrogen and oxygen atoms in total. The van der Waals surface area contributed by atoms with Gasteiger partial charge in [-0.25, -0.2) is 0 Å². The first-order valence-corrected chi connectivity index (χ1v) is 9.26. The number of carbonyl (C=O) groups excluding carboxylic acids is 1. The summed E-state index contributed by atoms with van der Waals surface area (Å²) in [6, 6.07) is 17.1. The van der Waals surface area contributed by atoms with Crippen molar-refractivity contribution in [2.24, 2.45) is 0 Å². The number of amides is 1. The molecule has 0 N–H and O–H groups in total. The average Bonchev–Trinajstić information content (AvgIpc) is 3.42. The third-order valence-corrected chi connectivity index (χ3v) is 4.81. The van der Waals surface area contributed by atoms with Crippen LogP contribution in [0.5, 0.6) is 5.75 Å². The summed E-state index contributed by atoms with van der Waals surface area (Å²) in [6.45, 7) is 0.680. The highest BCUT2D eigenvalue weighted by atomic mass is 16.5. The van der Waals surface area contributed by atoms with Gasteiger partial charge in [0.15, 0.2) is 0 Å². The highest BCUT2D eigenvalue weighted by Crippen LogP contribution is 2.32. The van der Waals surface area contributed by atoms with Crippen molar-refractivity contribution in [1.82, 2.24) is 15.0 Å². The van der Waals surface area contributed by atoms with Gasteiger partial charge in [-0.05, 0) is 36.6 Å². The lowest BCUT2D eigenvalue weighted by atomic mass is 10.2. The molecule has 1 saturated heterocycles. The minimum Gasteiger partial charge on any atom is -0.497 e. The van der Waals surface area contributed by atoms with E-state index in [0.717, 1.165) is 29.7 Å². The van der Waals surface area contributed by atoms with Gasteiger partial charge in [-0.1, -0.05) is 47.6 Å².